The predicted molar refractivity (Wildman–Crippen MR) is 70.1 cm³/mol. The molecule has 0 spiro atoms. The number of imidazole rings is 1. The number of hydrogen-bond donors (Lipinski definition) is 2. The minimum Gasteiger partial charge on any atom is -0.374 e. The average molecular weight is 239 g/mol. The van der Waals surface area contributed by atoms with Crippen molar-refractivity contribution in [3.8, 4) is 0 Å². The van der Waals surface area contributed by atoms with Gasteiger partial charge in [-0.05, 0) is 33.2 Å². The van der Waals surface area contributed by atoms with Gasteiger partial charge in [0.1, 0.15) is 5.82 Å². The molecule has 0 saturated heterocycles. The summed E-state index contributed by atoms with van der Waals surface area (Å²) < 4.78 is 5.75. The summed E-state index contributed by atoms with van der Waals surface area (Å²) in [5.74, 6) is 1.06. The number of aryl methyl sites for hydroxylation is 1. The molecule has 0 aliphatic carbocycles. The largest absolute Gasteiger partial charge is 0.374 e. The van der Waals surface area contributed by atoms with Crippen LogP contribution < -0.4 is 5.32 Å². The maximum atomic E-state index is 5.75. The lowest BCUT2D eigenvalue weighted by Crippen LogP contribution is -2.29. The minimum atomic E-state index is 0.00977. The third-order valence-electron chi connectivity index (χ3n) is 2.95. The molecule has 0 aliphatic rings. The molecule has 1 rings (SSSR count). The van der Waals surface area contributed by atoms with Gasteiger partial charge in [0, 0.05) is 25.4 Å². The van der Waals surface area contributed by atoms with Crippen molar-refractivity contribution in [1.29, 1.82) is 0 Å². The Morgan fingerprint density at radius 1 is 1.41 bits per heavy atom. The first-order valence-corrected chi connectivity index (χ1v) is 6.47. The molecule has 0 unspecified atom stereocenters. The summed E-state index contributed by atoms with van der Waals surface area (Å²) >= 11 is 0. The lowest BCUT2D eigenvalue weighted by Gasteiger charge is -2.23. The van der Waals surface area contributed by atoms with E-state index in [0.717, 1.165) is 44.8 Å². The van der Waals surface area contributed by atoms with Crippen molar-refractivity contribution in [2.45, 2.75) is 45.6 Å². The van der Waals surface area contributed by atoms with E-state index in [-0.39, 0.29) is 5.60 Å². The molecule has 1 heterocycles. The first-order chi connectivity index (χ1) is 8.14. The van der Waals surface area contributed by atoms with Crippen LogP contribution in [0.15, 0.2) is 12.4 Å². The van der Waals surface area contributed by atoms with E-state index in [9.17, 15) is 0 Å². The molecule has 0 bridgehead atoms. The summed E-state index contributed by atoms with van der Waals surface area (Å²) in [7, 11) is 0. The van der Waals surface area contributed by atoms with Crippen molar-refractivity contribution in [3.63, 3.8) is 0 Å². The Balaban J connectivity index is 1.91. The first-order valence-electron chi connectivity index (χ1n) is 6.47. The van der Waals surface area contributed by atoms with Crippen molar-refractivity contribution in [3.05, 3.63) is 18.2 Å². The van der Waals surface area contributed by atoms with Crippen LogP contribution in [0.2, 0.25) is 0 Å². The highest BCUT2D eigenvalue weighted by Crippen LogP contribution is 2.12. The summed E-state index contributed by atoms with van der Waals surface area (Å²) in [5.41, 5.74) is 0.00977. The van der Waals surface area contributed by atoms with Crippen LogP contribution in [-0.4, -0.2) is 35.3 Å². The minimum absolute atomic E-state index is 0.00977. The fourth-order valence-corrected chi connectivity index (χ4v) is 1.44. The smallest absolute Gasteiger partial charge is 0.106 e. The molecule has 1 aromatic heterocycles. The van der Waals surface area contributed by atoms with Gasteiger partial charge < -0.3 is 15.0 Å². The van der Waals surface area contributed by atoms with Crippen LogP contribution in [0, 0.1) is 0 Å². The fraction of sp³-hybridized carbons (Fsp3) is 0.769. The highest BCUT2D eigenvalue weighted by molar-refractivity contribution is 4.86. The second-order valence-electron chi connectivity index (χ2n) is 4.85. The van der Waals surface area contributed by atoms with Crippen LogP contribution in [0.5, 0.6) is 0 Å². The van der Waals surface area contributed by atoms with E-state index < -0.39 is 0 Å². The van der Waals surface area contributed by atoms with Crippen LogP contribution in [0.4, 0.5) is 0 Å². The summed E-state index contributed by atoms with van der Waals surface area (Å²) in [5, 5.41) is 3.38. The molecule has 0 fully saturated rings. The number of hydrogen-bond acceptors (Lipinski definition) is 3. The number of rotatable bonds is 9. The molecular formula is C13H25N3O. The Hall–Kier alpha value is -0.870. The van der Waals surface area contributed by atoms with E-state index in [1.165, 1.54) is 0 Å². The van der Waals surface area contributed by atoms with Crippen LogP contribution in [0.1, 0.15) is 39.4 Å². The van der Waals surface area contributed by atoms with Crippen molar-refractivity contribution >= 4 is 0 Å². The molecule has 0 aliphatic heterocycles. The highest BCUT2D eigenvalue weighted by atomic mass is 16.5. The second kappa shape index (κ2) is 7.45. The molecule has 4 nitrogen and oxygen atoms in total. The Labute approximate surface area is 104 Å². The molecule has 17 heavy (non-hydrogen) atoms. The Morgan fingerprint density at radius 3 is 2.88 bits per heavy atom. The lowest BCUT2D eigenvalue weighted by molar-refractivity contribution is -0.0179. The number of nitrogens with zero attached hydrogens (tertiary/aromatic N) is 1. The topological polar surface area (TPSA) is 49.9 Å². The summed E-state index contributed by atoms with van der Waals surface area (Å²) in [6.45, 7) is 9.12. The monoisotopic (exact) mass is 239 g/mol. The van der Waals surface area contributed by atoms with Crippen molar-refractivity contribution < 1.29 is 4.74 Å². The zero-order valence-electron chi connectivity index (χ0n) is 11.3. The second-order valence-corrected chi connectivity index (χ2v) is 4.85. The summed E-state index contributed by atoms with van der Waals surface area (Å²) in [4.78, 5) is 7.29. The van der Waals surface area contributed by atoms with Gasteiger partial charge in [0.15, 0.2) is 0 Å². The fourth-order valence-electron chi connectivity index (χ4n) is 1.44. The normalized spacial score (nSPS) is 11.9. The highest BCUT2D eigenvalue weighted by Gasteiger charge is 2.13. The molecule has 4 heteroatoms. The van der Waals surface area contributed by atoms with E-state index >= 15 is 0 Å². The van der Waals surface area contributed by atoms with Gasteiger partial charge in [-0.15, -0.1) is 0 Å². The number of aromatic nitrogens is 2. The van der Waals surface area contributed by atoms with E-state index in [4.69, 9.17) is 4.74 Å². The van der Waals surface area contributed by atoms with E-state index in [1.807, 2.05) is 6.20 Å². The van der Waals surface area contributed by atoms with Gasteiger partial charge in [0.25, 0.3) is 0 Å². The molecule has 98 valence electrons. The molecule has 0 radical (unpaired) electrons. The van der Waals surface area contributed by atoms with Gasteiger partial charge in [0.2, 0.25) is 0 Å². The Kier molecular flexibility index (Phi) is 6.22. The Morgan fingerprint density at radius 2 is 2.24 bits per heavy atom. The average Bonchev–Trinajstić information content (AvgIpc) is 2.81. The van der Waals surface area contributed by atoms with Gasteiger partial charge in [0.05, 0.1) is 12.2 Å². The van der Waals surface area contributed by atoms with Crippen LogP contribution in [0.25, 0.3) is 0 Å². The first kappa shape index (κ1) is 14.2. The van der Waals surface area contributed by atoms with Crippen LogP contribution in [0.3, 0.4) is 0 Å². The SMILES string of the molecule is CCC(C)(C)OCCNCCCc1ncc[nH]1. The van der Waals surface area contributed by atoms with Crippen LogP contribution >= 0.6 is 0 Å². The van der Waals surface area contributed by atoms with Gasteiger partial charge in [-0.3, -0.25) is 0 Å². The Bertz CT molecular complexity index is 283. The quantitative estimate of drug-likeness (QED) is 0.649. The molecule has 0 saturated carbocycles. The number of nitrogens with one attached hydrogen (secondary N) is 2. The molecule has 0 aromatic carbocycles. The van der Waals surface area contributed by atoms with E-state index in [0.29, 0.717) is 0 Å². The zero-order valence-corrected chi connectivity index (χ0v) is 11.3. The number of ether oxygens (including phenoxy) is 1. The van der Waals surface area contributed by atoms with Gasteiger partial charge in [-0.25, -0.2) is 4.98 Å². The van der Waals surface area contributed by atoms with E-state index in [2.05, 4.69) is 36.1 Å². The molecule has 0 amide bonds. The maximum Gasteiger partial charge on any atom is 0.106 e. The molecule has 0 atom stereocenters. The van der Waals surface area contributed by atoms with Gasteiger partial charge in [-0.2, -0.15) is 0 Å². The van der Waals surface area contributed by atoms with E-state index in [1.54, 1.807) is 6.20 Å². The molecular weight excluding hydrogens is 214 g/mol. The predicted octanol–water partition coefficient (Wildman–Crippen LogP) is 2.14. The summed E-state index contributed by atoms with van der Waals surface area (Å²) in [6, 6.07) is 0. The molecule has 1 aromatic rings. The lowest BCUT2D eigenvalue weighted by atomic mass is 10.1. The number of aromatic amines is 1. The third kappa shape index (κ3) is 6.44. The van der Waals surface area contributed by atoms with Crippen molar-refractivity contribution in [2.75, 3.05) is 19.7 Å². The zero-order chi connectivity index (χ0) is 12.6. The summed E-state index contributed by atoms with van der Waals surface area (Å²) in [6.07, 6.45) is 6.81. The standard InChI is InChI=1S/C13H25N3O/c1-4-13(2,3)17-11-10-14-7-5-6-12-15-8-9-16-12/h8-9,14H,4-7,10-11H2,1-3H3,(H,15,16). The van der Waals surface area contributed by atoms with Crippen molar-refractivity contribution in [2.24, 2.45) is 0 Å². The van der Waals surface area contributed by atoms with Gasteiger partial charge >= 0.3 is 0 Å². The third-order valence-corrected chi connectivity index (χ3v) is 2.95. The maximum absolute atomic E-state index is 5.75. The van der Waals surface area contributed by atoms with Crippen LogP contribution in [-0.2, 0) is 11.2 Å². The van der Waals surface area contributed by atoms with Crippen molar-refractivity contribution in [1.82, 2.24) is 15.3 Å². The van der Waals surface area contributed by atoms with Gasteiger partial charge in [-0.1, -0.05) is 6.92 Å². The number of H-pyrrole nitrogens is 1. The molecule has 2 N–H and O–H groups in total.